The molecule has 4 rings (SSSR count). The largest absolute Gasteiger partial charge is 0.483 e. The molecule has 2 amide bonds. The van der Waals surface area contributed by atoms with Gasteiger partial charge in [-0.3, -0.25) is 30.2 Å². The highest BCUT2D eigenvalue weighted by Crippen LogP contribution is 2.29. The lowest BCUT2D eigenvalue weighted by Gasteiger charge is -2.12. The summed E-state index contributed by atoms with van der Waals surface area (Å²) in [6, 6.07) is 23.5. The fourth-order valence-electron chi connectivity index (χ4n) is 3.35. The topological polar surface area (TPSA) is 126 Å². The molecule has 0 aromatic heterocycles. The molecule has 3 aromatic carbocycles. The number of sulfonamides is 1. The molecule has 10 heteroatoms. The number of rotatable bonds is 7. The van der Waals surface area contributed by atoms with E-state index in [0.717, 1.165) is 11.1 Å². The first-order valence-corrected chi connectivity index (χ1v) is 11.9. The van der Waals surface area contributed by atoms with Crippen LogP contribution in [-0.4, -0.2) is 39.2 Å². The Bertz CT molecular complexity index is 1340. The Morgan fingerprint density at radius 2 is 1.47 bits per heavy atom. The zero-order chi connectivity index (χ0) is 24.0. The van der Waals surface area contributed by atoms with Crippen LogP contribution in [0.5, 0.6) is 5.75 Å². The van der Waals surface area contributed by atoms with Crippen LogP contribution in [0.15, 0.2) is 88.8 Å². The first kappa shape index (κ1) is 23.0. The maximum atomic E-state index is 12.1. The second kappa shape index (κ2) is 10.2. The van der Waals surface area contributed by atoms with Crippen molar-refractivity contribution in [2.75, 3.05) is 13.2 Å². The number of benzene rings is 3. The van der Waals surface area contributed by atoms with Crippen LogP contribution >= 0.6 is 0 Å². The van der Waals surface area contributed by atoms with E-state index in [4.69, 9.17) is 4.74 Å². The van der Waals surface area contributed by atoms with Gasteiger partial charge in [-0.15, -0.1) is 0 Å². The van der Waals surface area contributed by atoms with Crippen LogP contribution in [0.1, 0.15) is 12.0 Å². The summed E-state index contributed by atoms with van der Waals surface area (Å²) in [5.74, 6) is -0.264. The molecule has 1 aliphatic rings. The summed E-state index contributed by atoms with van der Waals surface area (Å²) in [4.78, 5) is 28.5. The molecule has 0 saturated carbocycles. The molecule has 0 bridgehead atoms. The monoisotopic (exact) mass is 478 g/mol. The van der Waals surface area contributed by atoms with E-state index in [-0.39, 0.29) is 30.3 Å². The Hall–Kier alpha value is -4.18. The number of nitrogens with one attached hydrogen (secondary N) is 3. The van der Waals surface area contributed by atoms with Crippen molar-refractivity contribution in [3.8, 4) is 16.9 Å². The minimum atomic E-state index is -3.63. The minimum absolute atomic E-state index is 0.0366. The van der Waals surface area contributed by atoms with Gasteiger partial charge in [0, 0.05) is 17.5 Å². The van der Waals surface area contributed by atoms with Crippen molar-refractivity contribution in [2.45, 2.75) is 11.3 Å². The minimum Gasteiger partial charge on any atom is -0.483 e. The number of carbonyl (C=O) groups is 2. The number of hydrazine groups is 1. The van der Waals surface area contributed by atoms with Crippen molar-refractivity contribution in [1.29, 1.82) is 0 Å². The van der Waals surface area contributed by atoms with Gasteiger partial charge in [0.1, 0.15) is 11.6 Å². The fourth-order valence-corrected chi connectivity index (χ4v) is 4.60. The molecule has 9 nitrogen and oxygen atoms in total. The van der Waals surface area contributed by atoms with Crippen LogP contribution in [0.4, 0.5) is 0 Å². The van der Waals surface area contributed by atoms with Gasteiger partial charge < -0.3 is 4.74 Å². The number of aliphatic imine (C=N–C) groups is 1. The molecule has 1 aliphatic heterocycles. The molecule has 0 atom stereocenters. The van der Waals surface area contributed by atoms with E-state index >= 15 is 0 Å². The lowest BCUT2D eigenvalue weighted by atomic mass is 10.1. The first-order valence-electron chi connectivity index (χ1n) is 10.5. The molecule has 0 spiro atoms. The van der Waals surface area contributed by atoms with Gasteiger partial charge in [-0.2, -0.15) is 0 Å². The van der Waals surface area contributed by atoms with E-state index in [1.807, 2.05) is 48.5 Å². The maximum absolute atomic E-state index is 12.1. The maximum Gasteiger partial charge on any atom is 0.276 e. The second-order valence-electron chi connectivity index (χ2n) is 7.33. The quantitative estimate of drug-likeness (QED) is 0.448. The second-order valence-corrected chi connectivity index (χ2v) is 8.98. The Balaban J connectivity index is 1.24. The molecule has 174 valence electrons. The third-order valence-electron chi connectivity index (χ3n) is 4.94. The van der Waals surface area contributed by atoms with Crippen molar-refractivity contribution in [3.63, 3.8) is 0 Å². The van der Waals surface area contributed by atoms with E-state index in [2.05, 4.69) is 20.6 Å². The van der Waals surface area contributed by atoms with Gasteiger partial charge in [0.2, 0.25) is 5.91 Å². The zero-order valence-electron chi connectivity index (χ0n) is 18.0. The van der Waals surface area contributed by atoms with Crippen LogP contribution < -0.4 is 20.3 Å². The molecule has 0 fully saturated rings. The van der Waals surface area contributed by atoms with E-state index in [1.54, 1.807) is 24.3 Å². The van der Waals surface area contributed by atoms with Gasteiger partial charge in [-0.1, -0.05) is 60.7 Å². The van der Waals surface area contributed by atoms with E-state index < -0.39 is 21.8 Å². The third-order valence-corrected chi connectivity index (χ3v) is 6.34. The Morgan fingerprint density at radius 1 is 0.824 bits per heavy atom. The third kappa shape index (κ3) is 5.41. The summed E-state index contributed by atoms with van der Waals surface area (Å²) >= 11 is 0. The number of amides is 2. The van der Waals surface area contributed by atoms with Crippen LogP contribution in [0.25, 0.3) is 11.1 Å². The van der Waals surface area contributed by atoms with Gasteiger partial charge in [-0.05, 0) is 23.8 Å². The number of amidine groups is 1. The van der Waals surface area contributed by atoms with Gasteiger partial charge in [-0.25, -0.2) is 8.42 Å². The van der Waals surface area contributed by atoms with Crippen LogP contribution in [0.2, 0.25) is 0 Å². The van der Waals surface area contributed by atoms with Crippen molar-refractivity contribution >= 4 is 27.7 Å². The van der Waals surface area contributed by atoms with Crippen molar-refractivity contribution in [3.05, 3.63) is 84.4 Å². The number of para-hydroxylation sites is 1. The number of fused-ring (bicyclic) bond motifs is 1. The Morgan fingerprint density at radius 3 is 2.26 bits per heavy atom. The fraction of sp³-hybridized carbons (Fsp3) is 0.125. The van der Waals surface area contributed by atoms with Crippen molar-refractivity contribution in [1.82, 2.24) is 15.6 Å². The molecule has 34 heavy (non-hydrogen) atoms. The summed E-state index contributed by atoms with van der Waals surface area (Å²) in [7, 11) is -3.63. The summed E-state index contributed by atoms with van der Waals surface area (Å²) in [6.45, 7) is -0.250. The van der Waals surface area contributed by atoms with Crippen LogP contribution in [-0.2, 0) is 19.6 Å². The molecule has 3 aromatic rings. The summed E-state index contributed by atoms with van der Waals surface area (Å²) in [6.07, 6.45) is -0.0502. The van der Waals surface area contributed by atoms with E-state index in [9.17, 15) is 18.0 Å². The predicted octanol–water partition coefficient (Wildman–Crippen LogP) is 2.01. The van der Waals surface area contributed by atoms with Gasteiger partial charge in [0.25, 0.3) is 15.9 Å². The highest BCUT2D eigenvalue weighted by atomic mass is 32.2. The predicted molar refractivity (Wildman–Crippen MR) is 126 cm³/mol. The Labute approximate surface area is 196 Å². The van der Waals surface area contributed by atoms with Crippen LogP contribution in [0, 0.1) is 0 Å². The average Bonchev–Trinajstić information content (AvgIpc) is 3.12. The van der Waals surface area contributed by atoms with Crippen LogP contribution in [0.3, 0.4) is 0 Å². The zero-order valence-corrected chi connectivity index (χ0v) is 18.8. The lowest BCUT2D eigenvalue weighted by Crippen LogP contribution is -2.44. The molecule has 3 N–H and O–H groups in total. The average molecular weight is 479 g/mol. The molecule has 0 aliphatic carbocycles. The molecule has 1 heterocycles. The molecular weight excluding hydrogens is 456 g/mol. The SMILES string of the molecule is O=C(CCN=C1NS(=O)(=O)c2ccccc21)NNC(=O)COc1ccccc1-c1ccccc1. The van der Waals surface area contributed by atoms with Gasteiger partial charge in [0.05, 0.1) is 11.4 Å². The molecule has 0 unspecified atom stereocenters. The standard InChI is InChI=1S/C24H22N4O5S/c29-22(14-15-25-24-19-11-5-7-13-21(19)34(31,32)28-24)26-27-23(30)16-33-20-12-6-4-10-18(20)17-8-2-1-3-9-17/h1-13H,14-16H2,(H,25,28)(H,26,29)(H,27,30). The first-order chi connectivity index (χ1) is 16.4. The highest BCUT2D eigenvalue weighted by Gasteiger charge is 2.29. The van der Waals surface area contributed by atoms with Gasteiger partial charge >= 0.3 is 0 Å². The van der Waals surface area contributed by atoms with Crippen molar-refractivity contribution < 1.29 is 22.7 Å². The Kier molecular flexibility index (Phi) is 6.88. The molecular formula is C24H22N4O5S. The molecule has 0 saturated heterocycles. The summed E-state index contributed by atoms with van der Waals surface area (Å²) in [5.41, 5.74) is 6.87. The lowest BCUT2D eigenvalue weighted by molar-refractivity contribution is -0.129. The van der Waals surface area contributed by atoms with Gasteiger partial charge in [0.15, 0.2) is 6.61 Å². The summed E-state index contributed by atoms with van der Waals surface area (Å²) in [5, 5.41) is 0. The number of carbonyl (C=O) groups excluding carboxylic acids is 2. The van der Waals surface area contributed by atoms with Crippen molar-refractivity contribution in [2.24, 2.45) is 4.99 Å². The number of ether oxygens (including phenoxy) is 1. The number of hydrogen-bond donors (Lipinski definition) is 3. The smallest absolute Gasteiger partial charge is 0.276 e. The normalized spacial score (nSPS) is 14.6. The number of nitrogens with zero attached hydrogens (tertiary/aromatic N) is 1. The highest BCUT2D eigenvalue weighted by molar-refractivity contribution is 7.90. The summed E-state index contributed by atoms with van der Waals surface area (Å²) < 4.78 is 32.2. The number of hydrogen-bond acceptors (Lipinski definition) is 6. The van der Waals surface area contributed by atoms with E-state index in [1.165, 1.54) is 6.07 Å². The van der Waals surface area contributed by atoms with E-state index in [0.29, 0.717) is 11.3 Å². The molecule has 0 radical (unpaired) electrons.